The SMILES string of the molecule is COc1ccc(-c2cc(=[NH+]c3c(C)n(C)n(-c4ccccc4)c3=O)c3cc(O)ccc3o2)cc1.[O-][Cl+3]([O-])([O-])[O-]. The number of nitrogens with one attached hydrogen (secondary N) is 1. The number of halogens is 1. The number of aromatic hydroxyl groups is 1. The summed E-state index contributed by atoms with van der Waals surface area (Å²) in [6, 6.07) is 23.8. The number of fused-ring (bicyclic) bond motifs is 1. The third kappa shape index (κ3) is 6.37. The minimum atomic E-state index is -4.94. The molecule has 0 spiro atoms. The number of phenolic OH excluding ortho intramolecular Hbond substituents is 1. The molecule has 0 atom stereocenters. The zero-order chi connectivity index (χ0) is 28.3. The molecule has 39 heavy (non-hydrogen) atoms. The summed E-state index contributed by atoms with van der Waals surface area (Å²) in [6.45, 7) is 1.89. The minimum Gasteiger partial charge on any atom is -0.508 e. The van der Waals surface area contributed by atoms with Gasteiger partial charge in [-0.05, 0) is 61.5 Å². The van der Waals surface area contributed by atoms with Crippen LogP contribution in [0.15, 0.2) is 88.1 Å². The highest BCUT2D eigenvalue weighted by molar-refractivity contribution is 5.79. The van der Waals surface area contributed by atoms with E-state index in [4.69, 9.17) is 27.8 Å². The van der Waals surface area contributed by atoms with E-state index < -0.39 is 10.2 Å². The van der Waals surface area contributed by atoms with Crippen LogP contribution in [0.3, 0.4) is 0 Å². The van der Waals surface area contributed by atoms with Gasteiger partial charge in [-0.2, -0.15) is 4.99 Å². The summed E-state index contributed by atoms with van der Waals surface area (Å²) in [5.74, 6) is 1.46. The molecule has 0 unspecified atom stereocenters. The van der Waals surface area contributed by atoms with Crippen LogP contribution < -0.4 is 39.3 Å². The first-order chi connectivity index (χ1) is 18.5. The second kappa shape index (κ2) is 11.2. The maximum atomic E-state index is 13.4. The molecule has 12 heteroatoms. The van der Waals surface area contributed by atoms with Crippen LogP contribution in [0, 0.1) is 17.2 Å². The zero-order valence-corrected chi connectivity index (χ0v) is 21.8. The molecule has 2 N–H and O–H groups in total. The molecule has 0 saturated heterocycles. The molecule has 202 valence electrons. The number of nitrogens with zero attached hydrogens (tertiary/aromatic N) is 2. The number of hydrogen-bond donors (Lipinski definition) is 2. The lowest BCUT2D eigenvalue weighted by Gasteiger charge is -2.17. The third-order valence-corrected chi connectivity index (χ3v) is 5.94. The van der Waals surface area contributed by atoms with E-state index in [1.54, 1.807) is 30.0 Å². The van der Waals surface area contributed by atoms with Gasteiger partial charge in [-0.15, -0.1) is 10.2 Å². The maximum Gasteiger partial charge on any atom is 0.343 e. The van der Waals surface area contributed by atoms with E-state index in [-0.39, 0.29) is 11.3 Å². The van der Waals surface area contributed by atoms with Gasteiger partial charge in [0, 0.05) is 12.6 Å². The van der Waals surface area contributed by atoms with E-state index in [0.29, 0.717) is 27.8 Å². The van der Waals surface area contributed by atoms with Crippen molar-refractivity contribution in [2.75, 3.05) is 7.11 Å². The van der Waals surface area contributed by atoms with Crippen molar-refractivity contribution in [3.8, 4) is 28.5 Å². The number of hydrogen-bond acceptors (Lipinski definition) is 8. The number of methoxy groups -OCH3 is 1. The number of phenols is 1. The number of ether oxygens (including phenoxy) is 1. The maximum absolute atomic E-state index is 13.4. The Hall–Kier alpha value is -4.39. The average Bonchev–Trinajstić information content (AvgIpc) is 3.11. The van der Waals surface area contributed by atoms with E-state index in [1.165, 1.54) is 0 Å². The van der Waals surface area contributed by atoms with Crippen LogP contribution in [0.2, 0.25) is 0 Å². The first kappa shape index (κ1) is 27.6. The number of para-hydroxylation sites is 1. The molecule has 0 aliphatic heterocycles. The molecule has 0 saturated carbocycles. The van der Waals surface area contributed by atoms with E-state index in [9.17, 15) is 9.90 Å². The first-order valence-corrected chi connectivity index (χ1v) is 12.7. The predicted octanol–water partition coefficient (Wildman–Crippen LogP) is -1.83. The molecule has 0 radical (unpaired) electrons. The topological polar surface area (TPSA) is 176 Å². The van der Waals surface area contributed by atoms with Crippen LogP contribution in [0.5, 0.6) is 11.5 Å². The molecule has 0 amide bonds. The van der Waals surface area contributed by atoms with Crippen LogP contribution in [0.25, 0.3) is 28.0 Å². The third-order valence-electron chi connectivity index (χ3n) is 5.94. The van der Waals surface area contributed by atoms with Crippen LogP contribution >= 0.6 is 0 Å². The van der Waals surface area contributed by atoms with Gasteiger partial charge in [0.25, 0.3) is 5.69 Å². The Morgan fingerprint density at radius 3 is 2.21 bits per heavy atom. The number of rotatable bonds is 4. The van der Waals surface area contributed by atoms with E-state index >= 15 is 0 Å². The van der Waals surface area contributed by atoms with Gasteiger partial charge in [0.2, 0.25) is 5.36 Å². The molecular formula is C27H24ClN3O8. The molecule has 5 aromatic rings. The normalized spacial score (nSPS) is 11.8. The van der Waals surface area contributed by atoms with E-state index in [1.807, 2.05) is 79.3 Å². The summed E-state index contributed by atoms with van der Waals surface area (Å²) in [7, 11) is -1.48. The van der Waals surface area contributed by atoms with Gasteiger partial charge in [0.15, 0.2) is 0 Å². The summed E-state index contributed by atoms with van der Waals surface area (Å²) in [5.41, 5.74) is 3.25. The monoisotopic (exact) mass is 553 g/mol. The minimum absolute atomic E-state index is 0.106. The van der Waals surface area contributed by atoms with Crippen molar-refractivity contribution < 1.29 is 48.1 Å². The van der Waals surface area contributed by atoms with Crippen molar-refractivity contribution in [2.45, 2.75) is 6.92 Å². The molecule has 2 aromatic heterocycles. The van der Waals surface area contributed by atoms with Gasteiger partial charge >= 0.3 is 5.56 Å². The lowest BCUT2D eigenvalue weighted by atomic mass is 10.1. The molecule has 0 aliphatic rings. The van der Waals surface area contributed by atoms with Crippen molar-refractivity contribution >= 4 is 16.7 Å². The summed E-state index contributed by atoms with van der Waals surface area (Å²) < 4.78 is 48.8. The highest BCUT2D eigenvalue weighted by Gasteiger charge is 2.21. The van der Waals surface area contributed by atoms with Crippen molar-refractivity contribution in [3.63, 3.8) is 0 Å². The lowest BCUT2D eigenvalue weighted by molar-refractivity contribution is -2.00. The van der Waals surface area contributed by atoms with Gasteiger partial charge in [-0.25, -0.2) is 23.3 Å². The molecule has 2 heterocycles. The molecule has 0 aliphatic carbocycles. The van der Waals surface area contributed by atoms with Crippen LogP contribution in [-0.4, -0.2) is 21.6 Å². The molecular weight excluding hydrogens is 530 g/mol. The average molecular weight is 554 g/mol. The van der Waals surface area contributed by atoms with Gasteiger partial charge < -0.3 is 14.3 Å². The summed E-state index contributed by atoms with van der Waals surface area (Å²) in [4.78, 5) is 16.8. The fourth-order valence-electron chi connectivity index (χ4n) is 4.02. The Kier molecular flexibility index (Phi) is 7.90. The van der Waals surface area contributed by atoms with Crippen molar-refractivity contribution in [2.24, 2.45) is 7.05 Å². The van der Waals surface area contributed by atoms with Crippen LogP contribution in [0.1, 0.15) is 5.69 Å². The van der Waals surface area contributed by atoms with Crippen molar-refractivity contribution in [1.29, 1.82) is 0 Å². The summed E-state index contributed by atoms with van der Waals surface area (Å²) in [6.07, 6.45) is 0. The zero-order valence-electron chi connectivity index (χ0n) is 21.1. The van der Waals surface area contributed by atoms with Crippen molar-refractivity contribution in [1.82, 2.24) is 9.36 Å². The number of aromatic nitrogens is 2. The van der Waals surface area contributed by atoms with Gasteiger partial charge in [0.05, 0.1) is 24.2 Å². The highest BCUT2D eigenvalue weighted by atomic mass is 35.7. The standard InChI is InChI=1S/C27H23N3O4.ClHO4/c1-17-26(27(32)30(29(17)2)19-7-5-4-6-8-19)28-23-16-25(18-9-12-21(33-3)13-10-18)34-24-14-11-20(31)15-22(23)24;2-1(3,4)5/h4-16,31H,1-3H3;(H,2,3,4,5). The fraction of sp³-hybridized carbons (Fsp3) is 0.111. The fourth-order valence-corrected chi connectivity index (χ4v) is 4.02. The second-order valence-electron chi connectivity index (χ2n) is 8.37. The first-order valence-electron chi connectivity index (χ1n) is 11.4. The summed E-state index contributed by atoms with van der Waals surface area (Å²) >= 11 is 0. The Morgan fingerprint density at radius 2 is 1.59 bits per heavy atom. The highest BCUT2D eigenvalue weighted by Crippen LogP contribution is 2.25. The van der Waals surface area contributed by atoms with Crippen LogP contribution in [-0.2, 0) is 7.05 Å². The second-order valence-corrected chi connectivity index (χ2v) is 9.13. The quantitative estimate of drug-likeness (QED) is 0.261. The largest absolute Gasteiger partial charge is 0.508 e. The number of benzene rings is 3. The smallest absolute Gasteiger partial charge is 0.343 e. The Labute approximate surface area is 224 Å². The Balaban J connectivity index is 0.000000648. The molecule has 0 fully saturated rings. The summed E-state index contributed by atoms with van der Waals surface area (Å²) in [5, 5.41) is 11.4. The van der Waals surface area contributed by atoms with Gasteiger partial charge in [0.1, 0.15) is 28.5 Å². The van der Waals surface area contributed by atoms with E-state index in [2.05, 4.69) is 4.99 Å². The van der Waals surface area contributed by atoms with Gasteiger partial charge in [-0.1, -0.05) is 18.2 Å². The van der Waals surface area contributed by atoms with E-state index in [0.717, 1.165) is 22.7 Å². The molecule has 11 nitrogen and oxygen atoms in total. The van der Waals surface area contributed by atoms with Gasteiger partial charge in [-0.3, -0.25) is 9.48 Å². The molecule has 3 aromatic carbocycles. The van der Waals surface area contributed by atoms with Crippen LogP contribution in [0.4, 0.5) is 5.69 Å². The molecule has 0 bridgehead atoms. The van der Waals surface area contributed by atoms with Crippen molar-refractivity contribution in [3.05, 3.63) is 100 Å². The Bertz CT molecular complexity index is 1730. The Morgan fingerprint density at radius 1 is 0.949 bits per heavy atom. The molecule has 5 rings (SSSR count). The lowest BCUT2D eigenvalue weighted by Crippen LogP contribution is -2.72. The predicted molar refractivity (Wildman–Crippen MR) is 129 cm³/mol.